The number of rotatable bonds is 2. The Labute approximate surface area is 305 Å². The number of para-hydroxylation sites is 6. The van der Waals surface area contributed by atoms with Gasteiger partial charge in [0.05, 0.1) is 16.7 Å². The summed E-state index contributed by atoms with van der Waals surface area (Å²) in [6.45, 7) is 0. The van der Waals surface area contributed by atoms with Gasteiger partial charge in [-0.25, -0.2) is 9.97 Å². The number of nitrogens with zero attached hydrogens (tertiary/aromatic N) is 3. The van der Waals surface area contributed by atoms with Gasteiger partial charge in [0, 0.05) is 59.4 Å². The molecule has 5 aromatic heterocycles. The largest absolute Gasteiger partial charge is 0.456 e. The molecule has 6 heteroatoms. The van der Waals surface area contributed by atoms with E-state index < -0.39 is 0 Å². The average Bonchev–Trinajstić information content (AvgIpc) is 3.99. The van der Waals surface area contributed by atoms with Gasteiger partial charge in [0.1, 0.15) is 33.4 Å². The topological polar surface area (TPSA) is 70.1 Å². The summed E-state index contributed by atoms with van der Waals surface area (Å²) < 4.78 is 22.2. The van der Waals surface area contributed by atoms with Crippen LogP contribution >= 0.6 is 0 Å². The molecule has 0 saturated carbocycles. The van der Waals surface area contributed by atoms with Crippen LogP contribution in [0.5, 0.6) is 0 Å². The second-order valence-electron chi connectivity index (χ2n) is 14.0. The highest BCUT2D eigenvalue weighted by Crippen LogP contribution is 2.49. The number of hydrogen-bond donors (Lipinski definition) is 0. The highest BCUT2D eigenvalue weighted by Gasteiger charge is 2.27. The summed E-state index contributed by atoms with van der Waals surface area (Å²) in [6.07, 6.45) is 0. The lowest BCUT2D eigenvalue weighted by molar-refractivity contribution is 0.669. The van der Waals surface area contributed by atoms with E-state index in [1.807, 2.05) is 54.6 Å². The van der Waals surface area contributed by atoms with E-state index in [1.165, 1.54) is 0 Å². The number of hydrogen-bond acceptors (Lipinski definition) is 5. The minimum atomic E-state index is 0.555. The van der Waals surface area contributed by atoms with Crippen LogP contribution in [-0.2, 0) is 0 Å². The summed E-state index contributed by atoms with van der Waals surface area (Å²) in [7, 11) is 0. The summed E-state index contributed by atoms with van der Waals surface area (Å²) in [6, 6.07) is 52.1. The summed E-state index contributed by atoms with van der Waals surface area (Å²) in [4.78, 5) is 10.8. The molecular formula is C48H25N3O3. The van der Waals surface area contributed by atoms with Crippen molar-refractivity contribution in [3.8, 4) is 17.2 Å². The lowest BCUT2D eigenvalue weighted by atomic mass is 9.95. The van der Waals surface area contributed by atoms with Gasteiger partial charge in [-0.15, -0.1) is 0 Å². The van der Waals surface area contributed by atoms with Crippen LogP contribution in [0.4, 0.5) is 0 Å². The fourth-order valence-electron chi connectivity index (χ4n) is 8.98. The van der Waals surface area contributed by atoms with E-state index in [9.17, 15) is 0 Å². The summed E-state index contributed by atoms with van der Waals surface area (Å²) in [5, 5.41) is 11.7. The summed E-state index contributed by atoms with van der Waals surface area (Å²) >= 11 is 0. The third kappa shape index (κ3) is 3.54. The van der Waals surface area contributed by atoms with E-state index in [1.54, 1.807) is 0 Å². The molecule has 0 radical (unpaired) electrons. The monoisotopic (exact) mass is 691 g/mol. The Morgan fingerprint density at radius 1 is 0.370 bits per heavy atom. The molecule has 13 aromatic rings. The molecule has 0 unspecified atom stereocenters. The molecule has 0 atom stereocenters. The zero-order valence-electron chi connectivity index (χ0n) is 28.5. The van der Waals surface area contributed by atoms with Crippen LogP contribution in [0.25, 0.3) is 127 Å². The van der Waals surface area contributed by atoms with Gasteiger partial charge in [0.15, 0.2) is 5.58 Å². The highest BCUT2D eigenvalue weighted by molar-refractivity contribution is 6.40. The second-order valence-corrected chi connectivity index (χ2v) is 14.0. The molecule has 0 aliphatic carbocycles. The van der Waals surface area contributed by atoms with Gasteiger partial charge in [0.2, 0.25) is 5.95 Å². The molecule has 250 valence electrons. The molecule has 0 amide bonds. The van der Waals surface area contributed by atoms with Crippen molar-refractivity contribution in [1.29, 1.82) is 0 Å². The number of furan rings is 3. The Morgan fingerprint density at radius 2 is 1.00 bits per heavy atom. The molecule has 13 rings (SSSR count). The summed E-state index contributed by atoms with van der Waals surface area (Å²) in [5.74, 6) is 0.555. The van der Waals surface area contributed by atoms with E-state index in [0.29, 0.717) is 5.95 Å². The molecule has 0 saturated heterocycles. The molecule has 0 aliphatic heterocycles. The van der Waals surface area contributed by atoms with Crippen LogP contribution < -0.4 is 0 Å². The van der Waals surface area contributed by atoms with Gasteiger partial charge >= 0.3 is 0 Å². The van der Waals surface area contributed by atoms with Crippen molar-refractivity contribution >= 4 is 109 Å². The van der Waals surface area contributed by atoms with Gasteiger partial charge in [-0.1, -0.05) is 103 Å². The normalized spacial score (nSPS) is 12.4. The second kappa shape index (κ2) is 10.1. The van der Waals surface area contributed by atoms with E-state index in [0.717, 1.165) is 121 Å². The SMILES string of the molecule is c1ccc2c(-c3cccc4c3oc3ccccc34)nc(-n3c4ccccc4c4c5ccc6oc7ccccc7c6c5c5c6ccccc6oc5c43)nc2c1. The minimum Gasteiger partial charge on any atom is -0.456 e. The van der Waals surface area contributed by atoms with Crippen molar-refractivity contribution in [2.75, 3.05) is 0 Å². The van der Waals surface area contributed by atoms with Crippen LogP contribution in [-0.4, -0.2) is 14.5 Å². The van der Waals surface area contributed by atoms with Gasteiger partial charge in [-0.05, 0) is 53.9 Å². The molecule has 0 spiro atoms. The van der Waals surface area contributed by atoms with Crippen LogP contribution in [0.1, 0.15) is 0 Å². The number of fused-ring (bicyclic) bond motifs is 18. The fraction of sp³-hybridized carbons (Fsp3) is 0. The first-order valence-corrected chi connectivity index (χ1v) is 18.1. The predicted octanol–water partition coefficient (Wildman–Crippen LogP) is 13.2. The van der Waals surface area contributed by atoms with Crippen molar-refractivity contribution in [2.24, 2.45) is 0 Å². The molecule has 6 nitrogen and oxygen atoms in total. The average molecular weight is 692 g/mol. The molecule has 8 aromatic carbocycles. The summed E-state index contributed by atoms with van der Waals surface area (Å²) in [5.41, 5.74) is 9.43. The van der Waals surface area contributed by atoms with Gasteiger partial charge < -0.3 is 13.3 Å². The molecule has 54 heavy (non-hydrogen) atoms. The van der Waals surface area contributed by atoms with E-state index in [4.69, 9.17) is 23.2 Å². The Kier molecular flexibility index (Phi) is 5.28. The highest BCUT2D eigenvalue weighted by atomic mass is 16.3. The van der Waals surface area contributed by atoms with Gasteiger partial charge in [-0.2, -0.15) is 0 Å². The van der Waals surface area contributed by atoms with Crippen LogP contribution in [0.15, 0.2) is 165 Å². The van der Waals surface area contributed by atoms with Gasteiger partial charge in [-0.3, -0.25) is 4.57 Å². The molecule has 0 N–H and O–H groups in total. The van der Waals surface area contributed by atoms with E-state index in [2.05, 4.69) is 102 Å². The molecular weight excluding hydrogens is 667 g/mol. The zero-order valence-corrected chi connectivity index (χ0v) is 28.5. The third-order valence-electron chi connectivity index (χ3n) is 11.2. The van der Waals surface area contributed by atoms with Crippen LogP contribution in [0.3, 0.4) is 0 Å². The first kappa shape index (κ1) is 28.2. The van der Waals surface area contributed by atoms with Crippen molar-refractivity contribution in [1.82, 2.24) is 14.5 Å². The maximum Gasteiger partial charge on any atom is 0.235 e. The first-order chi connectivity index (χ1) is 26.8. The molecule has 0 fully saturated rings. The first-order valence-electron chi connectivity index (χ1n) is 18.1. The Hall–Kier alpha value is -7.44. The Morgan fingerprint density at radius 3 is 1.83 bits per heavy atom. The predicted molar refractivity (Wildman–Crippen MR) is 219 cm³/mol. The third-order valence-corrected chi connectivity index (χ3v) is 11.2. The van der Waals surface area contributed by atoms with Crippen molar-refractivity contribution in [3.05, 3.63) is 152 Å². The lowest BCUT2D eigenvalue weighted by Crippen LogP contribution is -2.03. The quantitative estimate of drug-likeness (QED) is 0.180. The van der Waals surface area contributed by atoms with E-state index in [-0.39, 0.29) is 0 Å². The lowest BCUT2D eigenvalue weighted by Gasteiger charge is -2.12. The maximum atomic E-state index is 6.97. The Balaban J connectivity index is 1.24. The van der Waals surface area contributed by atoms with Crippen molar-refractivity contribution in [2.45, 2.75) is 0 Å². The zero-order chi connectivity index (χ0) is 35.1. The van der Waals surface area contributed by atoms with Crippen LogP contribution in [0.2, 0.25) is 0 Å². The van der Waals surface area contributed by atoms with Crippen molar-refractivity contribution < 1.29 is 13.3 Å². The molecule has 0 bridgehead atoms. The molecule has 5 heterocycles. The minimum absolute atomic E-state index is 0.555. The maximum absolute atomic E-state index is 6.97. The van der Waals surface area contributed by atoms with Crippen molar-refractivity contribution in [3.63, 3.8) is 0 Å². The standard InChI is InChI=1S/C48H25N3O3/c1-6-19-34-28(13-1)44(33-18-11-17-27-26-12-3-8-21-36(26)53-46(27)33)50-48(49-34)51-35-20-7-2-14-29(35)40-32-24-25-39-41(30-15-4-9-22-37(30)52-39)42(32)43-31-16-5-10-23-38(31)54-47(43)45(40)51/h1-25H. The van der Waals surface area contributed by atoms with Gasteiger partial charge in [0.25, 0.3) is 0 Å². The number of aromatic nitrogens is 3. The molecule has 0 aliphatic rings. The smallest absolute Gasteiger partial charge is 0.235 e. The Bertz CT molecular complexity index is 3750. The van der Waals surface area contributed by atoms with Crippen LogP contribution in [0, 0.1) is 0 Å². The van der Waals surface area contributed by atoms with E-state index >= 15 is 0 Å². The fourth-order valence-corrected chi connectivity index (χ4v) is 8.98. The number of benzene rings is 8.